The molecule has 0 radical (unpaired) electrons. The molecular formula is C20H47N3O4S3. The predicted octanol–water partition coefficient (Wildman–Crippen LogP) is 2.48. The molecule has 1 fully saturated rings. The van der Waals surface area contributed by atoms with Crippen molar-refractivity contribution in [3.63, 3.8) is 0 Å². The van der Waals surface area contributed by atoms with Crippen molar-refractivity contribution >= 4 is 41.2 Å². The first kappa shape index (κ1) is 32.1. The second kappa shape index (κ2) is 10.7. The van der Waals surface area contributed by atoms with Gasteiger partial charge in [0.1, 0.15) is 0 Å². The van der Waals surface area contributed by atoms with Crippen molar-refractivity contribution in [2.24, 2.45) is 0 Å². The van der Waals surface area contributed by atoms with Crippen LogP contribution in [0.1, 0.15) is 75.2 Å². The number of rotatable bonds is 4. The number of nitrogens with one attached hydrogen (secondary N) is 2. The summed E-state index contributed by atoms with van der Waals surface area (Å²) >= 11 is 0. The first-order valence-electron chi connectivity index (χ1n) is 9.87. The summed E-state index contributed by atoms with van der Waals surface area (Å²) in [6, 6.07) is 0. The van der Waals surface area contributed by atoms with Crippen molar-refractivity contribution in [2.45, 2.75) is 97.0 Å². The lowest BCUT2D eigenvalue weighted by molar-refractivity contribution is 0.307. The number of hydrogen-bond acceptors (Lipinski definition) is 4. The van der Waals surface area contributed by atoms with Crippen molar-refractivity contribution in [1.82, 2.24) is 13.7 Å². The Morgan fingerprint density at radius 1 is 0.767 bits per heavy atom. The molecule has 0 heterocycles. The molecule has 0 spiro atoms. The van der Waals surface area contributed by atoms with E-state index in [1.807, 2.05) is 69.4 Å². The zero-order chi connectivity index (χ0) is 25.0. The molecule has 1 aliphatic carbocycles. The van der Waals surface area contributed by atoms with Gasteiger partial charge in [0, 0.05) is 48.5 Å². The molecule has 0 saturated heterocycles. The SMILES string of the molecule is C=S(C)(=O)N(C)C(C)(C)C.C=S(C)(=O)NC(C)(C)C.CC(C)(C)NS(=O)(=O)C1CC1. The monoisotopic (exact) mass is 489 g/mol. The third-order valence-corrected chi connectivity index (χ3v) is 8.45. The quantitative estimate of drug-likeness (QED) is 0.593. The minimum atomic E-state index is -2.99. The fourth-order valence-electron chi connectivity index (χ4n) is 2.12. The van der Waals surface area contributed by atoms with Gasteiger partial charge in [0.15, 0.2) is 0 Å². The van der Waals surface area contributed by atoms with Gasteiger partial charge in [0.05, 0.1) is 5.25 Å². The smallest absolute Gasteiger partial charge is 0.214 e. The summed E-state index contributed by atoms with van der Waals surface area (Å²) < 4.78 is 52.2. The Morgan fingerprint density at radius 3 is 1.20 bits per heavy atom. The lowest BCUT2D eigenvalue weighted by atomic mass is 10.1. The third kappa shape index (κ3) is 18.6. The lowest BCUT2D eigenvalue weighted by Gasteiger charge is -2.32. The van der Waals surface area contributed by atoms with E-state index in [0.29, 0.717) is 0 Å². The summed E-state index contributed by atoms with van der Waals surface area (Å²) in [7, 11) is -5.23. The van der Waals surface area contributed by atoms with E-state index in [-0.39, 0.29) is 21.9 Å². The molecule has 0 aliphatic heterocycles. The maximum Gasteiger partial charge on any atom is 0.214 e. The van der Waals surface area contributed by atoms with E-state index >= 15 is 0 Å². The number of hydrogen-bond donors (Lipinski definition) is 2. The highest BCUT2D eigenvalue weighted by Crippen LogP contribution is 2.28. The number of nitrogens with zero attached hydrogens (tertiary/aromatic N) is 1. The van der Waals surface area contributed by atoms with Crippen LogP contribution in [0.15, 0.2) is 0 Å². The fraction of sp³-hybridized carbons (Fsp3) is 0.900. The Bertz CT molecular complexity index is 836. The largest absolute Gasteiger partial charge is 0.253 e. The van der Waals surface area contributed by atoms with Crippen LogP contribution in [0.25, 0.3) is 0 Å². The molecule has 10 heteroatoms. The molecule has 2 atom stereocenters. The zero-order valence-corrected chi connectivity index (χ0v) is 23.7. The van der Waals surface area contributed by atoms with Gasteiger partial charge in [-0.3, -0.25) is 8.42 Å². The first-order valence-corrected chi connectivity index (χ1v) is 15.6. The molecule has 2 N–H and O–H groups in total. The highest BCUT2D eigenvalue weighted by atomic mass is 32.2. The van der Waals surface area contributed by atoms with Gasteiger partial charge in [-0.1, -0.05) is 0 Å². The van der Waals surface area contributed by atoms with E-state index < -0.39 is 29.4 Å². The molecule has 1 saturated carbocycles. The van der Waals surface area contributed by atoms with Gasteiger partial charge < -0.3 is 0 Å². The second-order valence-electron chi connectivity index (χ2n) is 11.1. The molecule has 0 amide bonds. The highest BCUT2D eigenvalue weighted by molar-refractivity contribution is 7.98. The minimum Gasteiger partial charge on any atom is -0.253 e. The normalized spacial score (nSPS) is 19.5. The third-order valence-electron chi connectivity index (χ3n) is 3.46. The van der Waals surface area contributed by atoms with E-state index in [0.717, 1.165) is 12.8 Å². The van der Waals surface area contributed by atoms with Crippen molar-refractivity contribution in [3.8, 4) is 0 Å². The summed E-state index contributed by atoms with van der Waals surface area (Å²) in [6.07, 6.45) is 4.90. The average molecular weight is 490 g/mol. The van der Waals surface area contributed by atoms with E-state index in [1.165, 1.54) is 0 Å². The summed E-state index contributed by atoms with van der Waals surface area (Å²) in [4.78, 5) is 0. The molecule has 0 aromatic heterocycles. The van der Waals surface area contributed by atoms with Crippen molar-refractivity contribution < 1.29 is 16.8 Å². The van der Waals surface area contributed by atoms with Crippen molar-refractivity contribution in [2.75, 3.05) is 19.6 Å². The molecule has 0 aromatic carbocycles. The molecule has 30 heavy (non-hydrogen) atoms. The summed E-state index contributed by atoms with van der Waals surface area (Å²) in [6.45, 7) is 17.5. The van der Waals surface area contributed by atoms with Gasteiger partial charge in [-0.2, -0.15) is 0 Å². The Labute approximate surface area is 188 Å². The molecule has 1 aliphatic rings. The fourth-order valence-corrected chi connectivity index (χ4v) is 6.35. The number of sulfonamides is 1. The van der Waals surface area contributed by atoms with Gasteiger partial charge in [0.25, 0.3) is 0 Å². The maximum atomic E-state index is 11.3. The molecule has 0 bridgehead atoms. The van der Waals surface area contributed by atoms with Gasteiger partial charge in [-0.25, -0.2) is 22.2 Å². The molecule has 1 rings (SSSR count). The molecular weight excluding hydrogens is 442 g/mol. The van der Waals surface area contributed by atoms with Gasteiger partial charge in [0.2, 0.25) is 10.0 Å². The van der Waals surface area contributed by atoms with Crippen LogP contribution in [0.4, 0.5) is 0 Å². The maximum absolute atomic E-state index is 11.3. The van der Waals surface area contributed by atoms with Crippen LogP contribution in [0.2, 0.25) is 0 Å². The Balaban J connectivity index is 0. The first-order chi connectivity index (χ1) is 12.7. The molecule has 7 nitrogen and oxygen atoms in total. The van der Waals surface area contributed by atoms with Gasteiger partial charge in [-0.15, -0.1) is 0 Å². The van der Waals surface area contributed by atoms with Crippen LogP contribution < -0.4 is 9.44 Å². The zero-order valence-electron chi connectivity index (χ0n) is 21.2. The molecule has 0 aromatic rings. The topological polar surface area (TPSA) is 95.6 Å². The average Bonchev–Trinajstić information content (AvgIpc) is 3.13. The second-order valence-corrected chi connectivity index (χ2v) is 17.7. The van der Waals surface area contributed by atoms with Crippen LogP contribution >= 0.6 is 0 Å². The van der Waals surface area contributed by atoms with Crippen molar-refractivity contribution in [1.29, 1.82) is 0 Å². The Kier molecular flexibility index (Phi) is 11.4. The Morgan fingerprint density at radius 2 is 1.10 bits per heavy atom. The highest BCUT2D eigenvalue weighted by Gasteiger charge is 2.37. The summed E-state index contributed by atoms with van der Waals surface area (Å²) in [5, 5.41) is -0.110. The standard InChI is InChI=1S/C7H15NO2S.C7H17NOS.C6H15NOS/c1-7(2,3)8-11(9,10)6-4-5-6;1-7(2,3)8(4)10(5,6)9;1-6(2,3)7-9(4,5)8/h6,8H,4-5H2,1-3H3;5H2,1-4,6H3;4H2,1-3,5H3,(H,7,8). The van der Waals surface area contributed by atoms with Crippen LogP contribution in [-0.4, -0.2) is 74.3 Å². The van der Waals surface area contributed by atoms with Gasteiger partial charge >= 0.3 is 0 Å². The van der Waals surface area contributed by atoms with Crippen LogP contribution in [0, 0.1) is 0 Å². The van der Waals surface area contributed by atoms with E-state index in [4.69, 9.17) is 0 Å². The summed E-state index contributed by atoms with van der Waals surface area (Å²) in [5.74, 6) is 7.06. The summed E-state index contributed by atoms with van der Waals surface area (Å²) in [5.41, 5.74) is -0.497. The Hall–Kier alpha value is -0.130. The van der Waals surface area contributed by atoms with Crippen LogP contribution in [-0.2, 0) is 29.4 Å². The van der Waals surface area contributed by atoms with E-state index in [9.17, 15) is 16.8 Å². The predicted molar refractivity (Wildman–Crippen MR) is 138 cm³/mol. The lowest BCUT2D eigenvalue weighted by Crippen LogP contribution is -2.42. The van der Waals surface area contributed by atoms with Crippen molar-refractivity contribution in [3.05, 3.63) is 0 Å². The van der Waals surface area contributed by atoms with E-state index in [2.05, 4.69) is 21.2 Å². The van der Waals surface area contributed by atoms with Crippen LogP contribution in [0.3, 0.4) is 0 Å². The molecule has 184 valence electrons. The minimum absolute atomic E-state index is 0.0619. The molecule has 2 unspecified atom stereocenters. The van der Waals surface area contributed by atoms with E-state index in [1.54, 1.807) is 16.8 Å². The van der Waals surface area contributed by atoms with Gasteiger partial charge in [-0.05, 0) is 93.9 Å². The van der Waals surface area contributed by atoms with Crippen LogP contribution in [0.5, 0.6) is 0 Å².